The lowest BCUT2D eigenvalue weighted by molar-refractivity contribution is 0.953. The quantitative estimate of drug-likeness (QED) is 0.222. The summed E-state index contributed by atoms with van der Waals surface area (Å²) >= 11 is 0. The van der Waals surface area contributed by atoms with Crippen LogP contribution in [0.2, 0.25) is 0 Å². The number of nitrogens with zero attached hydrogens (tertiary/aromatic N) is 8. The summed E-state index contributed by atoms with van der Waals surface area (Å²) in [4.78, 5) is 32.9. The molecule has 0 atom stereocenters. The highest BCUT2D eigenvalue weighted by Gasteiger charge is 2.19. The highest BCUT2D eigenvalue weighted by molar-refractivity contribution is 6.11. The summed E-state index contributed by atoms with van der Waals surface area (Å²) in [6.45, 7) is 0. The first-order valence-electron chi connectivity index (χ1n) is 13.8. The third-order valence-electron chi connectivity index (χ3n) is 7.30. The van der Waals surface area contributed by atoms with E-state index in [1.165, 1.54) is 0 Å². The van der Waals surface area contributed by atoms with Gasteiger partial charge in [-0.3, -0.25) is 4.57 Å². The van der Waals surface area contributed by atoms with Crippen LogP contribution in [-0.4, -0.2) is 39.5 Å². The van der Waals surface area contributed by atoms with Crippen LogP contribution in [-0.2, 0) is 0 Å². The zero-order valence-electron chi connectivity index (χ0n) is 22.8. The first-order chi connectivity index (χ1) is 21.3. The molecule has 0 aliphatic heterocycles. The van der Waals surface area contributed by atoms with Gasteiger partial charge in [-0.1, -0.05) is 60.7 Å². The van der Waals surface area contributed by atoms with Crippen molar-refractivity contribution in [2.24, 2.45) is 0 Å². The summed E-state index contributed by atoms with van der Waals surface area (Å²) in [6, 6.07) is 36.1. The van der Waals surface area contributed by atoms with Gasteiger partial charge in [-0.25, -0.2) is 24.9 Å². The van der Waals surface area contributed by atoms with E-state index in [4.69, 9.17) is 15.0 Å². The normalized spacial score (nSPS) is 11.3. The van der Waals surface area contributed by atoms with Gasteiger partial charge in [0.1, 0.15) is 0 Å². The topological polar surface area (TPSA) is 95.2 Å². The van der Waals surface area contributed by atoms with E-state index in [0.717, 1.165) is 44.1 Å². The molecule has 0 spiro atoms. The SMILES string of the molecule is c1ccc(-c2nc(-c3ccccc3)nc(-n3c4ccc(-c5ncccn5)cc4c4cc(-c5ncccn5)ccc43)n2)cc1. The van der Waals surface area contributed by atoms with E-state index in [1.807, 2.05) is 84.9 Å². The van der Waals surface area contributed by atoms with Gasteiger partial charge in [0.2, 0.25) is 5.95 Å². The average Bonchev–Trinajstić information content (AvgIpc) is 3.42. The van der Waals surface area contributed by atoms with Crippen LogP contribution in [0.5, 0.6) is 0 Å². The summed E-state index contributed by atoms with van der Waals surface area (Å²) in [5.74, 6) is 3.04. The number of aromatic nitrogens is 8. The van der Waals surface area contributed by atoms with Crippen LogP contribution < -0.4 is 0 Å². The summed E-state index contributed by atoms with van der Waals surface area (Å²) < 4.78 is 2.09. The molecule has 0 N–H and O–H groups in total. The maximum atomic E-state index is 5.02. The summed E-state index contributed by atoms with van der Waals surface area (Å²) in [5, 5.41) is 2.03. The molecule has 8 heteroatoms. The minimum Gasteiger partial charge on any atom is -0.278 e. The number of fused-ring (bicyclic) bond motifs is 3. The van der Waals surface area contributed by atoms with Crippen molar-refractivity contribution in [3.63, 3.8) is 0 Å². The molecule has 0 saturated carbocycles. The minimum atomic E-state index is 0.528. The Morgan fingerprint density at radius 2 is 0.814 bits per heavy atom. The van der Waals surface area contributed by atoms with Crippen molar-refractivity contribution < 1.29 is 0 Å². The van der Waals surface area contributed by atoms with Crippen molar-refractivity contribution in [3.05, 3.63) is 134 Å². The van der Waals surface area contributed by atoms with Crippen molar-refractivity contribution in [1.29, 1.82) is 0 Å². The van der Waals surface area contributed by atoms with Crippen molar-refractivity contribution in [2.45, 2.75) is 0 Å². The predicted octanol–water partition coefficient (Wildman–Crippen LogP) is 7.22. The molecule has 0 amide bonds. The van der Waals surface area contributed by atoms with Gasteiger partial charge in [0.05, 0.1) is 11.0 Å². The van der Waals surface area contributed by atoms with Gasteiger partial charge in [-0.15, -0.1) is 0 Å². The number of hydrogen-bond donors (Lipinski definition) is 0. The van der Waals surface area contributed by atoms with Gasteiger partial charge in [-0.05, 0) is 48.5 Å². The van der Waals surface area contributed by atoms with Gasteiger partial charge >= 0.3 is 0 Å². The van der Waals surface area contributed by atoms with Gasteiger partial charge in [0.25, 0.3) is 0 Å². The predicted molar refractivity (Wildman–Crippen MR) is 167 cm³/mol. The van der Waals surface area contributed by atoms with E-state index in [2.05, 4.69) is 48.8 Å². The first-order valence-corrected chi connectivity index (χ1v) is 13.8. The zero-order valence-corrected chi connectivity index (χ0v) is 22.8. The van der Waals surface area contributed by atoms with Gasteiger partial charge in [0.15, 0.2) is 23.3 Å². The van der Waals surface area contributed by atoms with Crippen LogP contribution in [0, 0.1) is 0 Å². The molecule has 0 aliphatic rings. The van der Waals surface area contributed by atoms with E-state index >= 15 is 0 Å². The third-order valence-corrected chi connectivity index (χ3v) is 7.30. The standard InChI is InChI=1S/C35H22N8/c1-3-9-23(10-4-1)33-40-34(24-11-5-2-6-12-24)42-35(41-33)43-29-15-13-25(31-36-17-7-18-37-31)21-27(29)28-22-26(14-16-30(28)43)32-38-19-8-20-39-32/h1-22H. The second-order valence-corrected chi connectivity index (χ2v) is 9.96. The van der Waals surface area contributed by atoms with E-state index in [9.17, 15) is 0 Å². The highest BCUT2D eigenvalue weighted by Crippen LogP contribution is 2.36. The lowest BCUT2D eigenvalue weighted by atomic mass is 10.1. The second-order valence-electron chi connectivity index (χ2n) is 9.96. The van der Waals surface area contributed by atoms with Crippen LogP contribution in [0.15, 0.2) is 134 Å². The molecule has 8 rings (SSSR count). The molecule has 4 aromatic carbocycles. The van der Waals surface area contributed by atoms with E-state index in [0.29, 0.717) is 29.2 Å². The summed E-state index contributed by atoms with van der Waals surface area (Å²) in [7, 11) is 0. The lowest BCUT2D eigenvalue weighted by Gasteiger charge is -2.11. The molecule has 202 valence electrons. The van der Waals surface area contributed by atoms with Crippen molar-refractivity contribution in [2.75, 3.05) is 0 Å². The van der Waals surface area contributed by atoms with E-state index in [-0.39, 0.29) is 0 Å². The number of benzene rings is 4. The molecule has 0 aliphatic carbocycles. The van der Waals surface area contributed by atoms with Crippen molar-refractivity contribution in [3.8, 4) is 51.5 Å². The zero-order chi connectivity index (χ0) is 28.6. The minimum absolute atomic E-state index is 0.528. The Balaban J connectivity index is 1.42. The molecule has 4 heterocycles. The molecule has 0 bridgehead atoms. The van der Waals surface area contributed by atoms with Crippen LogP contribution in [0.4, 0.5) is 0 Å². The third kappa shape index (κ3) is 4.47. The molecule has 8 aromatic rings. The summed E-state index contributed by atoms with van der Waals surface area (Å²) in [5.41, 5.74) is 5.56. The van der Waals surface area contributed by atoms with E-state index < -0.39 is 0 Å². The molecular formula is C35H22N8. The van der Waals surface area contributed by atoms with E-state index in [1.54, 1.807) is 24.8 Å². The maximum Gasteiger partial charge on any atom is 0.238 e. The first kappa shape index (κ1) is 24.6. The molecule has 0 saturated heterocycles. The molecule has 43 heavy (non-hydrogen) atoms. The fourth-order valence-electron chi connectivity index (χ4n) is 5.31. The van der Waals surface area contributed by atoms with Crippen LogP contribution in [0.3, 0.4) is 0 Å². The Hall–Kier alpha value is -6.15. The maximum absolute atomic E-state index is 5.02. The Morgan fingerprint density at radius 3 is 1.26 bits per heavy atom. The van der Waals surface area contributed by atoms with Gasteiger partial charge < -0.3 is 0 Å². The van der Waals surface area contributed by atoms with Crippen molar-refractivity contribution in [1.82, 2.24) is 39.5 Å². The van der Waals surface area contributed by atoms with Gasteiger partial charge in [0, 0.05) is 57.8 Å². The molecule has 8 nitrogen and oxygen atoms in total. The van der Waals surface area contributed by atoms with Crippen molar-refractivity contribution >= 4 is 21.8 Å². The Kier molecular flexibility index (Phi) is 5.93. The largest absolute Gasteiger partial charge is 0.278 e. The Bertz CT molecular complexity index is 2060. The Morgan fingerprint density at radius 1 is 0.372 bits per heavy atom. The molecule has 0 unspecified atom stereocenters. The number of hydrogen-bond acceptors (Lipinski definition) is 7. The molecule has 4 aromatic heterocycles. The monoisotopic (exact) mass is 554 g/mol. The summed E-state index contributed by atoms with van der Waals surface area (Å²) in [6.07, 6.45) is 7.01. The highest BCUT2D eigenvalue weighted by atomic mass is 15.2. The van der Waals surface area contributed by atoms with Crippen LogP contribution in [0.1, 0.15) is 0 Å². The average molecular weight is 555 g/mol. The fourth-order valence-corrected chi connectivity index (χ4v) is 5.31. The number of rotatable bonds is 5. The fraction of sp³-hybridized carbons (Fsp3) is 0. The lowest BCUT2D eigenvalue weighted by Crippen LogP contribution is -2.06. The molecule has 0 radical (unpaired) electrons. The molecule has 0 fully saturated rings. The Labute approximate surface area is 246 Å². The molecular weight excluding hydrogens is 532 g/mol. The van der Waals surface area contributed by atoms with Crippen LogP contribution in [0.25, 0.3) is 73.3 Å². The smallest absolute Gasteiger partial charge is 0.238 e. The van der Waals surface area contributed by atoms with Crippen LogP contribution >= 0.6 is 0 Å². The van der Waals surface area contributed by atoms with Gasteiger partial charge in [-0.2, -0.15) is 9.97 Å². The second kappa shape index (κ2) is 10.4.